The summed E-state index contributed by atoms with van der Waals surface area (Å²) in [7, 11) is 0. The fourth-order valence-electron chi connectivity index (χ4n) is 3.39. The first-order valence-corrected chi connectivity index (χ1v) is 9.97. The third kappa shape index (κ3) is 4.16. The Balaban J connectivity index is 1.55. The van der Waals surface area contributed by atoms with Crippen LogP contribution < -0.4 is 16.6 Å². The molecule has 0 aliphatic rings. The highest BCUT2D eigenvalue weighted by Crippen LogP contribution is 2.14. The second-order valence-corrected chi connectivity index (χ2v) is 7.26. The summed E-state index contributed by atoms with van der Waals surface area (Å²) in [4.78, 5) is 47.7. The van der Waals surface area contributed by atoms with Crippen molar-refractivity contribution in [2.45, 2.75) is 33.4 Å². The van der Waals surface area contributed by atoms with Gasteiger partial charge in [-0.05, 0) is 37.1 Å². The fraction of sp³-hybridized carbons (Fsp3) is 0.227. The molecule has 4 aromatic rings. The molecule has 9 nitrogen and oxygen atoms in total. The minimum atomic E-state index is -0.561. The fourth-order valence-corrected chi connectivity index (χ4v) is 3.39. The van der Waals surface area contributed by atoms with Gasteiger partial charge in [-0.3, -0.25) is 19.1 Å². The molecule has 158 valence electrons. The van der Waals surface area contributed by atoms with E-state index >= 15 is 0 Å². The van der Waals surface area contributed by atoms with Gasteiger partial charge in [0.2, 0.25) is 0 Å². The quantitative estimate of drug-likeness (QED) is 0.499. The zero-order chi connectivity index (χ0) is 22.0. The summed E-state index contributed by atoms with van der Waals surface area (Å²) in [6, 6.07) is 8.96. The minimum absolute atomic E-state index is 0.201. The van der Waals surface area contributed by atoms with Crippen LogP contribution in [-0.2, 0) is 13.1 Å². The molecule has 0 atom stereocenters. The van der Waals surface area contributed by atoms with Crippen LogP contribution in [0.4, 0.5) is 5.69 Å². The number of pyridine rings is 1. The van der Waals surface area contributed by atoms with E-state index in [4.69, 9.17) is 0 Å². The van der Waals surface area contributed by atoms with E-state index in [1.807, 2.05) is 48.9 Å². The topological polar surface area (TPSA) is 115 Å². The summed E-state index contributed by atoms with van der Waals surface area (Å²) >= 11 is 0. The zero-order valence-electron chi connectivity index (χ0n) is 17.3. The highest BCUT2D eigenvalue weighted by Gasteiger charge is 2.13. The van der Waals surface area contributed by atoms with Crippen molar-refractivity contribution >= 4 is 22.6 Å². The third-order valence-corrected chi connectivity index (χ3v) is 5.03. The number of H-pyrrole nitrogens is 1. The van der Waals surface area contributed by atoms with Crippen LogP contribution in [0.25, 0.3) is 11.0 Å². The number of carbonyl (C=O) groups excluding carboxylic acids is 1. The lowest BCUT2D eigenvalue weighted by molar-refractivity contribution is 0.102. The maximum atomic E-state index is 12.7. The Hall–Kier alpha value is -4.01. The summed E-state index contributed by atoms with van der Waals surface area (Å²) in [5.74, 6) is 0.542. The summed E-state index contributed by atoms with van der Waals surface area (Å²) in [6.45, 7) is 4.98. The molecule has 3 heterocycles. The van der Waals surface area contributed by atoms with Gasteiger partial charge < -0.3 is 9.88 Å². The number of anilines is 1. The number of fused-ring (bicyclic) bond motifs is 1. The highest BCUT2D eigenvalue weighted by atomic mass is 16.2. The number of amides is 1. The number of aromatic amines is 1. The number of benzene rings is 1. The Labute approximate surface area is 177 Å². The number of hydrogen-bond acceptors (Lipinski definition) is 5. The number of aromatic nitrogens is 5. The predicted molar refractivity (Wildman–Crippen MR) is 117 cm³/mol. The Morgan fingerprint density at radius 3 is 2.61 bits per heavy atom. The van der Waals surface area contributed by atoms with E-state index in [-0.39, 0.29) is 22.5 Å². The molecule has 9 heteroatoms. The third-order valence-electron chi connectivity index (χ3n) is 5.03. The van der Waals surface area contributed by atoms with Crippen LogP contribution in [0.15, 0.2) is 58.5 Å². The van der Waals surface area contributed by atoms with Crippen molar-refractivity contribution in [3.05, 3.63) is 86.7 Å². The number of nitrogens with zero attached hydrogens (tertiary/aromatic N) is 4. The van der Waals surface area contributed by atoms with Crippen LogP contribution in [-0.4, -0.2) is 30.0 Å². The van der Waals surface area contributed by atoms with E-state index in [9.17, 15) is 14.4 Å². The van der Waals surface area contributed by atoms with Crippen molar-refractivity contribution in [2.24, 2.45) is 0 Å². The second-order valence-electron chi connectivity index (χ2n) is 7.26. The Morgan fingerprint density at radius 2 is 1.94 bits per heavy atom. The molecule has 4 rings (SSSR count). The zero-order valence-corrected chi connectivity index (χ0v) is 17.3. The van der Waals surface area contributed by atoms with Crippen molar-refractivity contribution in [1.29, 1.82) is 0 Å². The van der Waals surface area contributed by atoms with Crippen LogP contribution in [0.1, 0.15) is 35.1 Å². The van der Waals surface area contributed by atoms with Gasteiger partial charge >= 0.3 is 5.69 Å². The van der Waals surface area contributed by atoms with E-state index in [1.54, 1.807) is 6.20 Å². The molecule has 0 radical (unpaired) electrons. The summed E-state index contributed by atoms with van der Waals surface area (Å²) in [5.41, 5.74) is 1.14. The average Bonchev–Trinajstić information content (AvgIpc) is 3.16. The summed E-state index contributed by atoms with van der Waals surface area (Å²) < 4.78 is 3.43. The summed E-state index contributed by atoms with van der Waals surface area (Å²) in [6.07, 6.45) is 5.76. The maximum absolute atomic E-state index is 12.7. The lowest BCUT2D eigenvalue weighted by atomic mass is 10.2. The molecular weight excluding hydrogens is 396 g/mol. The largest absolute Gasteiger partial charge is 0.331 e. The van der Waals surface area contributed by atoms with Crippen molar-refractivity contribution in [1.82, 2.24) is 24.1 Å². The number of aryl methyl sites for hydroxylation is 2. The molecule has 1 aromatic carbocycles. The van der Waals surface area contributed by atoms with Crippen LogP contribution in [0.3, 0.4) is 0 Å². The number of nitrogens with one attached hydrogen (secondary N) is 2. The van der Waals surface area contributed by atoms with Crippen molar-refractivity contribution in [3.63, 3.8) is 0 Å². The molecule has 0 saturated carbocycles. The van der Waals surface area contributed by atoms with E-state index in [2.05, 4.69) is 20.3 Å². The van der Waals surface area contributed by atoms with Crippen LogP contribution in [0, 0.1) is 6.92 Å². The van der Waals surface area contributed by atoms with Gasteiger partial charge in [0, 0.05) is 37.4 Å². The average molecular weight is 418 g/mol. The maximum Gasteiger partial charge on any atom is 0.329 e. The first kappa shape index (κ1) is 20.3. The van der Waals surface area contributed by atoms with E-state index < -0.39 is 11.2 Å². The number of hydrogen-bond donors (Lipinski definition) is 2. The van der Waals surface area contributed by atoms with Crippen molar-refractivity contribution in [3.8, 4) is 0 Å². The molecule has 0 saturated heterocycles. The molecule has 0 aliphatic carbocycles. The van der Waals surface area contributed by atoms with Gasteiger partial charge in [0.05, 0.1) is 10.9 Å². The van der Waals surface area contributed by atoms with Crippen molar-refractivity contribution < 1.29 is 4.79 Å². The molecule has 0 aliphatic heterocycles. The smallest absolute Gasteiger partial charge is 0.329 e. The molecular formula is C22H22N6O3. The Bertz CT molecular complexity index is 1360. The lowest BCUT2D eigenvalue weighted by Gasteiger charge is -2.10. The minimum Gasteiger partial charge on any atom is -0.331 e. The highest BCUT2D eigenvalue weighted by molar-refractivity contribution is 6.05. The number of rotatable bonds is 6. The first-order valence-electron chi connectivity index (χ1n) is 9.97. The van der Waals surface area contributed by atoms with Crippen LogP contribution in [0.5, 0.6) is 0 Å². The summed E-state index contributed by atoms with van der Waals surface area (Å²) in [5, 5.41) is 3.01. The lowest BCUT2D eigenvalue weighted by Crippen LogP contribution is -2.31. The molecule has 3 aromatic heterocycles. The second kappa shape index (κ2) is 8.39. The normalized spacial score (nSPS) is 11.0. The monoisotopic (exact) mass is 418 g/mol. The van der Waals surface area contributed by atoms with E-state index in [1.165, 1.54) is 16.8 Å². The Kier molecular flexibility index (Phi) is 5.48. The van der Waals surface area contributed by atoms with Gasteiger partial charge in [0.25, 0.3) is 11.5 Å². The molecule has 0 spiro atoms. The van der Waals surface area contributed by atoms with E-state index in [0.717, 1.165) is 11.4 Å². The first-order chi connectivity index (χ1) is 15.0. The molecule has 31 heavy (non-hydrogen) atoms. The van der Waals surface area contributed by atoms with Gasteiger partial charge in [-0.1, -0.05) is 19.1 Å². The van der Waals surface area contributed by atoms with Crippen molar-refractivity contribution in [2.75, 3.05) is 5.32 Å². The van der Waals surface area contributed by atoms with Gasteiger partial charge in [0.1, 0.15) is 11.5 Å². The van der Waals surface area contributed by atoms with Gasteiger partial charge in [-0.2, -0.15) is 0 Å². The molecule has 0 unspecified atom stereocenters. The standard InChI is InChI=1S/C22H22N6O3/c1-3-9-28-19-18(21(30)26-22(28)31)11-16(12-24-19)20(29)25-17-6-4-15(5-7-17)13-27-10-8-23-14(27)2/h4-8,10-12H,3,9,13H2,1-2H3,(H,25,29)(H,26,30,31). The van der Waals surface area contributed by atoms with Crippen LogP contribution in [0.2, 0.25) is 0 Å². The van der Waals surface area contributed by atoms with Gasteiger partial charge in [-0.25, -0.2) is 14.8 Å². The molecule has 2 N–H and O–H groups in total. The Morgan fingerprint density at radius 1 is 1.16 bits per heavy atom. The molecule has 1 amide bonds. The SMILES string of the molecule is CCCn1c(=O)[nH]c(=O)c2cc(C(=O)Nc3ccc(Cn4ccnc4C)cc3)cnc21. The molecule has 0 bridgehead atoms. The predicted octanol–water partition coefficient (Wildman–Crippen LogP) is 2.30. The molecule has 0 fully saturated rings. The van der Waals surface area contributed by atoms with Crippen LogP contribution >= 0.6 is 0 Å². The van der Waals surface area contributed by atoms with Gasteiger partial charge in [0.15, 0.2) is 0 Å². The van der Waals surface area contributed by atoms with Gasteiger partial charge in [-0.15, -0.1) is 0 Å². The number of carbonyl (C=O) groups is 1. The number of imidazole rings is 1. The van der Waals surface area contributed by atoms with E-state index in [0.29, 0.717) is 25.2 Å².